The lowest BCUT2D eigenvalue weighted by Crippen LogP contribution is -2.21. The van der Waals surface area contributed by atoms with Gasteiger partial charge in [0.1, 0.15) is 5.58 Å². The van der Waals surface area contributed by atoms with Gasteiger partial charge in [-0.15, -0.1) is 0 Å². The van der Waals surface area contributed by atoms with Crippen molar-refractivity contribution in [2.24, 2.45) is 0 Å². The average Bonchev–Trinajstić information content (AvgIpc) is 2.59. The molecule has 0 N–H and O–H groups in total. The molecule has 2 aromatic carbocycles. The van der Waals surface area contributed by atoms with E-state index in [2.05, 4.69) is 0 Å². The number of hydrogen-bond donors (Lipinski definition) is 0. The molecule has 0 amide bonds. The predicted octanol–water partition coefficient (Wildman–Crippen LogP) is 5.06. The maximum atomic E-state index is 13.2. The minimum absolute atomic E-state index is 0.0618. The Hall–Kier alpha value is -2.79. The van der Waals surface area contributed by atoms with Crippen molar-refractivity contribution in [3.63, 3.8) is 0 Å². The maximum Gasteiger partial charge on any atom is 0.344 e. The van der Waals surface area contributed by atoms with Gasteiger partial charge in [0.25, 0.3) is 0 Å². The summed E-state index contributed by atoms with van der Waals surface area (Å²) in [6.45, 7) is 6.83. The molecule has 5 nitrogen and oxygen atoms in total. The van der Waals surface area contributed by atoms with Crippen molar-refractivity contribution in [3.05, 3.63) is 62.8 Å². The molecule has 3 rings (SSSR count). The average molecular weight is 401 g/mol. The number of fused-ring (bicyclic) bond motifs is 1. The number of aryl methyl sites for hydroxylation is 2. The maximum absolute atomic E-state index is 13.2. The van der Waals surface area contributed by atoms with E-state index in [9.17, 15) is 9.59 Å². The summed E-state index contributed by atoms with van der Waals surface area (Å²) in [7, 11) is 0. The molecule has 0 spiro atoms. The van der Waals surface area contributed by atoms with Crippen molar-refractivity contribution in [1.29, 1.82) is 0 Å². The van der Waals surface area contributed by atoms with E-state index in [-0.39, 0.29) is 23.0 Å². The van der Waals surface area contributed by atoms with Crippen molar-refractivity contribution in [2.45, 2.75) is 33.8 Å². The summed E-state index contributed by atoms with van der Waals surface area (Å²) in [5.41, 5.74) is 2.33. The summed E-state index contributed by atoms with van der Waals surface area (Å²) < 4.78 is 16.7. The lowest BCUT2D eigenvalue weighted by molar-refractivity contribution is -0.149. The van der Waals surface area contributed by atoms with Gasteiger partial charge in [-0.05, 0) is 57.0 Å². The van der Waals surface area contributed by atoms with Crippen LogP contribution in [0.1, 0.15) is 25.0 Å². The number of halogens is 1. The van der Waals surface area contributed by atoms with Crippen molar-refractivity contribution in [1.82, 2.24) is 0 Å². The highest BCUT2D eigenvalue weighted by atomic mass is 35.5. The van der Waals surface area contributed by atoms with E-state index >= 15 is 0 Å². The lowest BCUT2D eigenvalue weighted by atomic mass is 10.0. The third kappa shape index (κ3) is 4.04. The zero-order valence-corrected chi connectivity index (χ0v) is 16.9. The first-order valence-electron chi connectivity index (χ1n) is 8.93. The van der Waals surface area contributed by atoms with Gasteiger partial charge < -0.3 is 13.9 Å². The van der Waals surface area contributed by atoms with Gasteiger partial charge in [-0.1, -0.05) is 29.8 Å². The Labute approximate surface area is 167 Å². The van der Waals surface area contributed by atoms with E-state index < -0.39 is 12.6 Å². The quantitative estimate of drug-likeness (QED) is 0.560. The van der Waals surface area contributed by atoms with E-state index in [4.69, 9.17) is 25.5 Å². The normalized spacial score (nSPS) is 11.1. The molecule has 3 aromatic rings. The molecule has 0 saturated heterocycles. The lowest BCUT2D eigenvalue weighted by Gasteiger charge is -2.14. The molecule has 0 aliphatic carbocycles. The summed E-state index contributed by atoms with van der Waals surface area (Å²) in [5, 5.41) is 0.817. The molecule has 0 atom stereocenters. The molecule has 0 aliphatic heterocycles. The number of hydrogen-bond acceptors (Lipinski definition) is 5. The molecule has 0 fully saturated rings. The minimum atomic E-state index is -0.569. The predicted molar refractivity (Wildman–Crippen MR) is 109 cm³/mol. The van der Waals surface area contributed by atoms with Crippen LogP contribution in [-0.2, 0) is 9.53 Å². The second kappa shape index (κ2) is 8.07. The van der Waals surface area contributed by atoms with Gasteiger partial charge in [-0.25, -0.2) is 4.79 Å². The largest absolute Gasteiger partial charge is 0.474 e. The van der Waals surface area contributed by atoms with Crippen molar-refractivity contribution in [2.75, 3.05) is 6.61 Å². The van der Waals surface area contributed by atoms with Gasteiger partial charge >= 0.3 is 5.97 Å². The van der Waals surface area contributed by atoms with E-state index in [0.717, 1.165) is 11.1 Å². The zero-order chi connectivity index (χ0) is 20.4. The number of ether oxygens (including phenoxy) is 2. The van der Waals surface area contributed by atoms with Crippen LogP contribution in [0.5, 0.6) is 5.75 Å². The SMILES string of the molecule is Cc1cc(C)c2c(=O)c(OCC(=O)OC(C)C)c(-c3ccccc3Cl)oc2c1. The van der Waals surface area contributed by atoms with E-state index in [0.29, 0.717) is 21.6 Å². The topological polar surface area (TPSA) is 65.7 Å². The number of benzene rings is 2. The van der Waals surface area contributed by atoms with Gasteiger partial charge in [0.15, 0.2) is 12.4 Å². The van der Waals surface area contributed by atoms with Crippen LogP contribution in [0.4, 0.5) is 0 Å². The van der Waals surface area contributed by atoms with E-state index in [1.165, 1.54) is 0 Å². The van der Waals surface area contributed by atoms with E-state index in [1.54, 1.807) is 44.2 Å². The highest BCUT2D eigenvalue weighted by Gasteiger charge is 2.22. The molecule has 0 radical (unpaired) electrons. The van der Waals surface area contributed by atoms with Crippen LogP contribution in [0.15, 0.2) is 45.6 Å². The van der Waals surface area contributed by atoms with Crippen molar-refractivity contribution >= 4 is 28.5 Å². The summed E-state index contributed by atoms with van der Waals surface area (Å²) in [4.78, 5) is 25.1. The molecular formula is C22H21ClO5. The van der Waals surface area contributed by atoms with Crippen LogP contribution < -0.4 is 10.2 Å². The Morgan fingerprint density at radius 3 is 2.57 bits per heavy atom. The molecular weight excluding hydrogens is 380 g/mol. The summed E-state index contributed by atoms with van der Waals surface area (Å²) in [6.07, 6.45) is -0.280. The molecule has 146 valence electrons. The van der Waals surface area contributed by atoms with E-state index in [1.807, 2.05) is 19.9 Å². The Morgan fingerprint density at radius 1 is 1.18 bits per heavy atom. The first-order chi connectivity index (χ1) is 13.3. The van der Waals surface area contributed by atoms with Gasteiger partial charge in [0.2, 0.25) is 11.2 Å². The molecule has 6 heteroatoms. The second-order valence-electron chi connectivity index (χ2n) is 6.85. The van der Waals surface area contributed by atoms with Crippen LogP contribution in [0, 0.1) is 13.8 Å². The Kier molecular flexibility index (Phi) is 5.75. The van der Waals surface area contributed by atoms with Crippen LogP contribution in [0.3, 0.4) is 0 Å². The second-order valence-corrected chi connectivity index (χ2v) is 7.26. The fraction of sp³-hybridized carbons (Fsp3) is 0.273. The summed E-state index contributed by atoms with van der Waals surface area (Å²) in [6, 6.07) is 10.7. The third-order valence-corrected chi connectivity index (χ3v) is 4.44. The first kappa shape index (κ1) is 20.0. The van der Waals surface area contributed by atoms with Gasteiger partial charge in [-0.2, -0.15) is 0 Å². The monoisotopic (exact) mass is 400 g/mol. The standard InChI is InChI=1S/C22H21ClO5/c1-12(2)27-18(24)11-26-22-20(25)19-14(4)9-13(3)10-17(19)28-21(22)15-7-5-6-8-16(15)23/h5-10,12H,11H2,1-4H3. The highest BCUT2D eigenvalue weighted by Crippen LogP contribution is 2.36. The summed E-state index contributed by atoms with van der Waals surface area (Å²) >= 11 is 6.32. The number of esters is 1. The molecule has 1 heterocycles. The Balaban J connectivity index is 2.20. The van der Waals surface area contributed by atoms with Crippen LogP contribution >= 0.6 is 11.6 Å². The van der Waals surface area contributed by atoms with Crippen molar-refractivity contribution in [3.8, 4) is 17.1 Å². The fourth-order valence-electron chi connectivity index (χ4n) is 3.05. The molecule has 0 saturated carbocycles. The third-order valence-electron chi connectivity index (χ3n) is 4.12. The van der Waals surface area contributed by atoms with Gasteiger partial charge in [-0.3, -0.25) is 4.79 Å². The molecule has 0 unspecified atom stereocenters. The molecule has 0 bridgehead atoms. The minimum Gasteiger partial charge on any atom is -0.474 e. The van der Waals surface area contributed by atoms with Crippen molar-refractivity contribution < 1.29 is 18.7 Å². The van der Waals surface area contributed by atoms with Crippen LogP contribution in [-0.4, -0.2) is 18.7 Å². The Bertz CT molecular complexity index is 1100. The fourth-order valence-corrected chi connectivity index (χ4v) is 3.28. The van der Waals surface area contributed by atoms with Crippen LogP contribution in [0.25, 0.3) is 22.3 Å². The summed E-state index contributed by atoms with van der Waals surface area (Å²) in [5.74, 6) is -0.445. The molecule has 28 heavy (non-hydrogen) atoms. The highest BCUT2D eigenvalue weighted by molar-refractivity contribution is 6.33. The van der Waals surface area contributed by atoms with Gasteiger partial charge in [0.05, 0.1) is 16.5 Å². The smallest absolute Gasteiger partial charge is 0.344 e. The molecule has 1 aromatic heterocycles. The molecule has 0 aliphatic rings. The number of rotatable bonds is 5. The number of carbonyl (C=O) groups is 1. The van der Waals surface area contributed by atoms with Crippen LogP contribution in [0.2, 0.25) is 5.02 Å². The first-order valence-corrected chi connectivity index (χ1v) is 9.31. The zero-order valence-electron chi connectivity index (χ0n) is 16.2. The Morgan fingerprint density at radius 2 is 1.89 bits per heavy atom. The van der Waals surface area contributed by atoms with Gasteiger partial charge in [0, 0.05) is 5.56 Å². The number of carbonyl (C=O) groups excluding carboxylic acids is 1.